The van der Waals surface area contributed by atoms with Gasteiger partial charge in [0.1, 0.15) is 0 Å². The van der Waals surface area contributed by atoms with Gasteiger partial charge in [-0.3, -0.25) is 0 Å². The van der Waals surface area contributed by atoms with Crippen LogP contribution in [0, 0.1) is 13.8 Å². The zero-order valence-corrected chi connectivity index (χ0v) is 13.0. The highest BCUT2D eigenvalue weighted by Gasteiger charge is 2.19. The van der Waals surface area contributed by atoms with Crippen molar-refractivity contribution in [3.63, 3.8) is 0 Å². The van der Waals surface area contributed by atoms with Crippen LogP contribution in [0.3, 0.4) is 0 Å². The molecule has 1 aromatic heterocycles. The van der Waals surface area contributed by atoms with E-state index in [1.54, 1.807) is 0 Å². The van der Waals surface area contributed by atoms with E-state index in [9.17, 15) is 0 Å². The standard InChI is InChI=1S/C16H19NS2/c1-11-7-14(19-12(11)2)8-17-16-10-18-9-13-5-3-4-6-15(13)16/h3-7,16-17H,8-10H2,1-2H3. The maximum absolute atomic E-state index is 3.72. The van der Waals surface area contributed by atoms with E-state index in [-0.39, 0.29) is 0 Å². The molecule has 0 amide bonds. The van der Waals surface area contributed by atoms with E-state index in [2.05, 4.69) is 49.5 Å². The van der Waals surface area contributed by atoms with Crippen molar-refractivity contribution in [2.45, 2.75) is 32.2 Å². The maximum Gasteiger partial charge on any atom is 0.0417 e. The van der Waals surface area contributed by atoms with Crippen LogP contribution in [-0.4, -0.2) is 5.75 Å². The fraction of sp³-hybridized carbons (Fsp3) is 0.375. The van der Waals surface area contributed by atoms with Gasteiger partial charge in [-0.05, 0) is 36.6 Å². The first-order valence-corrected chi connectivity index (χ1v) is 8.66. The van der Waals surface area contributed by atoms with Crippen LogP contribution in [0.15, 0.2) is 30.3 Å². The molecule has 2 heterocycles. The van der Waals surface area contributed by atoms with Crippen molar-refractivity contribution in [3.8, 4) is 0 Å². The Morgan fingerprint density at radius 2 is 2.11 bits per heavy atom. The molecule has 1 atom stereocenters. The summed E-state index contributed by atoms with van der Waals surface area (Å²) in [6.45, 7) is 5.38. The zero-order chi connectivity index (χ0) is 13.2. The van der Waals surface area contributed by atoms with Crippen LogP contribution in [0.2, 0.25) is 0 Å². The van der Waals surface area contributed by atoms with E-state index in [0.29, 0.717) is 6.04 Å². The van der Waals surface area contributed by atoms with Gasteiger partial charge in [-0.2, -0.15) is 11.8 Å². The van der Waals surface area contributed by atoms with E-state index in [4.69, 9.17) is 0 Å². The van der Waals surface area contributed by atoms with Gasteiger partial charge >= 0.3 is 0 Å². The summed E-state index contributed by atoms with van der Waals surface area (Å²) >= 11 is 3.95. The monoisotopic (exact) mass is 289 g/mol. The Labute approximate surface area is 123 Å². The molecule has 1 N–H and O–H groups in total. The Kier molecular flexibility index (Phi) is 3.96. The van der Waals surface area contributed by atoms with Crippen molar-refractivity contribution in [2.24, 2.45) is 0 Å². The van der Waals surface area contributed by atoms with Crippen LogP contribution < -0.4 is 5.32 Å². The third kappa shape index (κ3) is 2.88. The number of thioether (sulfide) groups is 1. The van der Waals surface area contributed by atoms with Crippen LogP contribution in [0.25, 0.3) is 0 Å². The molecule has 3 rings (SSSR count). The topological polar surface area (TPSA) is 12.0 Å². The van der Waals surface area contributed by atoms with Crippen molar-refractivity contribution in [3.05, 3.63) is 56.8 Å². The average molecular weight is 289 g/mol. The molecule has 0 saturated heterocycles. The fourth-order valence-electron chi connectivity index (χ4n) is 2.51. The van der Waals surface area contributed by atoms with Gasteiger partial charge in [0.25, 0.3) is 0 Å². The number of fused-ring (bicyclic) bond motifs is 1. The molecule has 100 valence electrons. The minimum atomic E-state index is 0.498. The molecular formula is C16H19NS2. The summed E-state index contributed by atoms with van der Waals surface area (Å²) in [6, 6.07) is 11.6. The number of rotatable bonds is 3. The van der Waals surface area contributed by atoms with Crippen molar-refractivity contribution in [2.75, 3.05) is 5.75 Å². The van der Waals surface area contributed by atoms with E-state index < -0.39 is 0 Å². The lowest BCUT2D eigenvalue weighted by Crippen LogP contribution is -2.25. The Balaban J connectivity index is 1.71. The Morgan fingerprint density at radius 1 is 1.26 bits per heavy atom. The third-order valence-electron chi connectivity index (χ3n) is 3.71. The molecule has 3 heteroatoms. The van der Waals surface area contributed by atoms with Crippen LogP contribution in [0.5, 0.6) is 0 Å². The lowest BCUT2D eigenvalue weighted by Gasteiger charge is -2.26. The smallest absolute Gasteiger partial charge is 0.0417 e. The molecule has 0 bridgehead atoms. The van der Waals surface area contributed by atoms with E-state index in [1.807, 2.05) is 23.1 Å². The number of benzene rings is 1. The molecule has 19 heavy (non-hydrogen) atoms. The van der Waals surface area contributed by atoms with Gasteiger partial charge < -0.3 is 5.32 Å². The van der Waals surface area contributed by atoms with E-state index >= 15 is 0 Å². The van der Waals surface area contributed by atoms with Gasteiger partial charge in [0, 0.05) is 33.8 Å². The number of thiophene rings is 1. The second-order valence-electron chi connectivity index (χ2n) is 5.10. The molecule has 1 unspecified atom stereocenters. The number of nitrogens with one attached hydrogen (secondary N) is 1. The summed E-state index contributed by atoms with van der Waals surface area (Å²) in [7, 11) is 0. The largest absolute Gasteiger partial charge is 0.304 e. The minimum Gasteiger partial charge on any atom is -0.304 e. The normalized spacial score (nSPS) is 18.3. The van der Waals surface area contributed by atoms with Gasteiger partial charge in [-0.25, -0.2) is 0 Å². The van der Waals surface area contributed by atoms with E-state index in [1.165, 1.54) is 32.2 Å². The fourth-order valence-corrected chi connectivity index (χ4v) is 4.65. The predicted molar refractivity (Wildman–Crippen MR) is 86.0 cm³/mol. The Morgan fingerprint density at radius 3 is 2.89 bits per heavy atom. The lowest BCUT2D eigenvalue weighted by atomic mass is 10.0. The zero-order valence-electron chi connectivity index (χ0n) is 11.4. The molecule has 1 aliphatic heterocycles. The van der Waals surface area contributed by atoms with Gasteiger partial charge in [-0.15, -0.1) is 11.3 Å². The Hall–Kier alpha value is -0.770. The molecule has 0 spiro atoms. The molecule has 0 radical (unpaired) electrons. The second kappa shape index (κ2) is 5.70. The first-order valence-electron chi connectivity index (χ1n) is 6.69. The van der Waals surface area contributed by atoms with Crippen LogP contribution in [-0.2, 0) is 12.3 Å². The summed E-state index contributed by atoms with van der Waals surface area (Å²) in [5, 5.41) is 3.72. The lowest BCUT2D eigenvalue weighted by molar-refractivity contribution is 0.579. The Bertz CT molecular complexity index is 554. The highest BCUT2D eigenvalue weighted by molar-refractivity contribution is 7.98. The highest BCUT2D eigenvalue weighted by Crippen LogP contribution is 2.32. The third-order valence-corrected chi connectivity index (χ3v) is 5.95. The molecule has 1 aromatic carbocycles. The molecule has 1 aliphatic rings. The van der Waals surface area contributed by atoms with Gasteiger partial charge in [0.2, 0.25) is 0 Å². The van der Waals surface area contributed by atoms with E-state index in [0.717, 1.165) is 12.3 Å². The maximum atomic E-state index is 3.72. The summed E-state index contributed by atoms with van der Waals surface area (Å²) < 4.78 is 0. The molecular weight excluding hydrogens is 270 g/mol. The van der Waals surface area contributed by atoms with Crippen LogP contribution in [0.1, 0.15) is 32.5 Å². The van der Waals surface area contributed by atoms with Crippen molar-refractivity contribution in [1.29, 1.82) is 0 Å². The van der Waals surface area contributed by atoms with Crippen LogP contribution in [0.4, 0.5) is 0 Å². The molecule has 0 fully saturated rings. The summed E-state index contributed by atoms with van der Waals surface area (Å²) in [5.74, 6) is 2.34. The summed E-state index contributed by atoms with van der Waals surface area (Å²) in [6.07, 6.45) is 0. The second-order valence-corrected chi connectivity index (χ2v) is 7.47. The van der Waals surface area contributed by atoms with Crippen LogP contribution >= 0.6 is 23.1 Å². The van der Waals surface area contributed by atoms with Crippen molar-refractivity contribution in [1.82, 2.24) is 5.32 Å². The molecule has 0 saturated carbocycles. The number of aryl methyl sites for hydroxylation is 2. The van der Waals surface area contributed by atoms with Gasteiger partial charge in [0.15, 0.2) is 0 Å². The molecule has 1 nitrogen and oxygen atoms in total. The average Bonchev–Trinajstić information content (AvgIpc) is 2.75. The highest BCUT2D eigenvalue weighted by atomic mass is 32.2. The van der Waals surface area contributed by atoms with Gasteiger partial charge in [-0.1, -0.05) is 24.3 Å². The first-order chi connectivity index (χ1) is 9.24. The first kappa shape index (κ1) is 13.2. The van der Waals surface area contributed by atoms with Gasteiger partial charge in [0.05, 0.1) is 0 Å². The summed E-state index contributed by atoms with van der Waals surface area (Å²) in [5.41, 5.74) is 4.40. The van der Waals surface area contributed by atoms with Crippen molar-refractivity contribution >= 4 is 23.1 Å². The number of hydrogen-bond acceptors (Lipinski definition) is 3. The predicted octanol–water partition coefficient (Wildman–Crippen LogP) is 4.44. The summed E-state index contributed by atoms with van der Waals surface area (Å²) in [4.78, 5) is 2.89. The quantitative estimate of drug-likeness (QED) is 0.896. The number of hydrogen-bond donors (Lipinski definition) is 1. The molecule has 0 aliphatic carbocycles. The SMILES string of the molecule is Cc1cc(CNC2CSCc3ccccc32)sc1C. The van der Waals surface area contributed by atoms with Crippen molar-refractivity contribution < 1.29 is 0 Å². The minimum absolute atomic E-state index is 0.498. The molecule has 2 aromatic rings.